The van der Waals surface area contributed by atoms with Crippen LogP contribution in [0.25, 0.3) is 21.3 Å². The van der Waals surface area contributed by atoms with Gasteiger partial charge in [0.25, 0.3) is 0 Å². The van der Waals surface area contributed by atoms with Crippen LogP contribution < -0.4 is 11.1 Å². The Bertz CT molecular complexity index is 1180. The SMILES string of the molecule is CCC1(C)C=C1.NCC(Cc1ccccc1)Nc1nnc(-c2ccc3cnccc3c2)s1. The lowest BCUT2D eigenvalue weighted by atomic mass is 10.1. The smallest absolute Gasteiger partial charge is 0.206 e. The fraction of sp³-hybridized carbons (Fsp3) is 0.269. The van der Waals surface area contributed by atoms with Crippen LogP contribution in [0.1, 0.15) is 25.8 Å². The minimum absolute atomic E-state index is 0.126. The van der Waals surface area contributed by atoms with Gasteiger partial charge < -0.3 is 11.1 Å². The Kier molecular flexibility index (Phi) is 6.93. The lowest BCUT2D eigenvalue weighted by Gasteiger charge is -2.15. The highest BCUT2D eigenvalue weighted by Crippen LogP contribution is 2.36. The van der Waals surface area contributed by atoms with E-state index in [-0.39, 0.29) is 6.04 Å². The van der Waals surface area contributed by atoms with Gasteiger partial charge in [0.15, 0.2) is 0 Å². The Balaban J connectivity index is 0.000000354. The van der Waals surface area contributed by atoms with Gasteiger partial charge in [0.1, 0.15) is 5.01 Å². The van der Waals surface area contributed by atoms with Gasteiger partial charge in [-0.1, -0.05) is 79.8 Å². The molecule has 0 saturated heterocycles. The molecule has 5 rings (SSSR count). The third-order valence-electron chi connectivity index (χ3n) is 5.75. The maximum absolute atomic E-state index is 5.94. The first-order chi connectivity index (χ1) is 15.6. The van der Waals surface area contributed by atoms with Crippen molar-refractivity contribution in [3.05, 3.63) is 84.7 Å². The average molecular weight is 444 g/mol. The normalized spacial score (nSPS) is 14.5. The molecule has 3 N–H and O–H groups in total. The number of fused-ring (bicyclic) bond motifs is 1. The second kappa shape index (κ2) is 10.0. The van der Waals surface area contributed by atoms with Gasteiger partial charge in [0, 0.05) is 41.3 Å². The van der Waals surface area contributed by atoms with E-state index in [9.17, 15) is 0 Å². The second-order valence-corrected chi connectivity index (χ2v) is 9.29. The lowest BCUT2D eigenvalue weighted by molar-refractivity contribution is 0.615. The van der Waals surface area contributed by atoms with Gasteiger partial charge in [-0.25, -0.2) is 0 Å². The fourth-order valence-electron chi connectivity index (χ4n) is 3.26. The van der Waals surface area contributed by atoms with Gasteiger partial charge in [-0.15, -0.1) is 10.2 Å². The molecular weight excluding hydrogens is 414 g/mol. The third kappa shape index (κ3) is 5.78. The van der Waals surface area contributed by atoms with Crippen LogP contribution in [0.15, 0.2) is 79.1 Å². The first-order valence-electron chi connectivity index (χ1n) is 11.0. The summed E-state index contributed by atoms with van der Waals surface area (Å²) in [6.07, 6.45) is 10.3. The highest BCUT2D eigenvalue weighted by Gasteiger charge is 2.23. The average Bonchev–Trinajstić information content (AvgIpc) is 3.41. The van der Waals surface area contributed by atoms with Gasteiger partial charge in [-0.05, 0) is 35.9 Å². The zero-order chi connectivity index (χ0) is 22.4. The number of nitrogens with two attached hydrogens (primary N) is 1. The number of pyridine rings is 1. The van der Waals surface area contributed by atoms with Crippen LogP contribution in [-0.2, 0) is 6.42 Å². The van der Waals surface area contributed by atoms with Crippen molar-refractivity contribution >= 4 is 27.2 Å². The van der Waals surface area contributed by atoms with Crippen molar-refractivity contribution < 1.29 is 0 Å². The molecule has 1 aliphatic carbocycles. The maximum atomic E-state index is 5.94. The summed E-state index contributed by atoms with van der Waals surface area (Å²) in [6.45, 7) is 4.99. The molecule has 5 nitrogen and oxygen atoms in total. The molecule has 0 amide bonds. The number of nitrogens with one attached hydrogen (secondary N) is 1. The van der Waals surface area contributed by atoms with Crippen molar-refractivity contribution in [2.45, 2.75) is 32.7 Å². The topological polar surface area (TPSA) is 76.7 Å². The van der Waals surface area contributed by atoms with E-state index in [1.54, 1.807) is 17.5 Å². The van der Waals surface area contributed by atoms with Crippen molar-refractivity contribution in [3.8, 4) is 10.6 Å². The summed E-state index contributed by atoms with van der Waals surface area (Å²) in [5.74, 6) is 0. The summed E-state index contributed by atoms with van der Waals surface area (Å²) in [5.41, 5.74) is 8.79. The first-order valence-corrected chi connectivity index (χ1v) is 11.8. The van der Waals surface area contributed by atoms with E-state index < -0.39 is 0 Å². The number of benzene rings is 2. The standard InChI is InChI=1S/C20H19N5S.C6H10/c21-12-18(10-14-4-2-1-3-5-14)23-20-25-24-19(26-20)16-6-7-17-13-22-9-8-15(17)11-16;1-3-6(2)4-5-6/h1-9,11,13,18H,10,12,21H2,(H,23,25);4-5H,3H2,1-2H3. The highest BCUT2D eigenvalue weighted by molar-refractivity contribution is 7.18. The molecule has 0 radical (unpaired) electrons. The number of allylic oxidation sites excluding steroid dienone is 2. The Hall–Kier alpha value is -3.09. The van der Waals surface area contributed by atoms with Crippen molar-refractivity contribution in [3.63, 3.8) is 0 Å². The molecule has 32 heavy (non-hydrogen) atoms. The molecule has 0 aliphatic heterocycles. The van der Waals surface area contributed by atoms with Crippen LogP contribution in [0.4, 0.5) is 5.13 Å². The minimum atomic E-state index is 0.126. The number of aromatic nitrogens is 3. The van der Waals surface area contributed by atoms with E-state index in [1.165, 1.54) is 12.0 Å². The number of rotatable bonds is 7. The molecule has 0 spiro atoms. The molecule has 4 aromatic rings. The molecule has 1 aliphatic rings. The van der Waals surface area contributed by atoms with Crippen LogP contribution >= 0.6 is 11.3 Å². The summed E-state index contributed by atoms with van der Waals surface area (Å²) < 4.78 is 0. The monoisotopic (exact) mass is 443 g/mol. The third-order valence-corrected chi connectivity index (χ3v) is 6.65. The van der Waals surface area contributed by atoms with E-state index in [0.717, 1.165) is 32.9 Å². The maximum Gasteiger partial charge on any atom is 0.206 e. The molecule has 0 bridgehead atoms. The molecule has 1 atom stereocenters. The Morgan fingerprint density at radius 3 is 2.53 bits per heavy atom. The largest absolute Gasteiger partial charge is 0.356 e. The highest BCUT2D eigenvalue weighted by atomic mass is 32.1. The van der Waals surface area contributed by atoms with Crippen LogP contribution in [-0.4, -0.2) is 27.8 Å². The zero-order valence-electron chi connectivity index (χ0n) is 18.5. The predicted octanol–water partition coefficient (Wildman–Crippen LogP) is 5.71. The van der Waals surface area contributed by atoms with Gasteiger partial charge in [-0.3, -0.25) is 4.98 Å². The molecule has 6 heteroatoms. The van der Waals surface area contributed by atoms with Gasteiger partial charge in [0.2, 0.25) is 5.13 Å². The van der Waals surface area contributed by atoms with Crippen LogP contribution in [0.5, 0.6) is 0 Å². The van der Waals surface area contributed by atoms with Gasteiger partial charge >= 0.3 is 0 Å². The molecule has 1 unspecified atom stereocenters. The zero-order valence-corrected chi connectivity index (χ0v) is 19.3. The quantitative estimate of drug-likeness (QED) is 0.358. The van der Waals surface area contributed by atoms with Crippen LogP contribution in [0.2, 0.25) is 0 Å². The second-order valence-electron chi connectivity index (χ2n) is 8.31. The van der Waals surface area contributed by atoms with Crippen molar-refractivity contribution in [1.82, 2.24) is 15.2 Å². The number of hydrogen-bond donors (Lipinski definition) is 2. The summed E-state index contributed by atoms with van der Waals surface area (Å²) in [5, 5.41) is 16.0. The Labute approximate surface area is 193 Å². The number of nitrogens with zero attached hydrogens (tertiary/aromatic N) is 3. The Morgan fingerprint density at radius 1 is 1.03 bits per heavy atom. The van der Waals surface area contributed by atoms with Gasteiger partial charge in [0.05, 0.1) is 0 Å². The summed E-state index contributed by atoms with van der Waals surface area (Å²) >= 11 is 1.54. The lowest BCUT2D eigenvalue weighted by Crippen LogP contribution is -2.30. The molecule has 0 fully saturated rings. The van der Waals surface area contributed by atoms with E-state index in [1.807, 2.05) is 30.5 Å². The van der Waals surface area contributed by atoms with Crippen LogP contribution in [0, 0.1) is 5.41 Å². The van der Waals surface area contributed by atoms with E-state index >= 15 is 0 Å². The number of anilines is 1. The van der Waals surface area contributed by atoms with E-state index in [4.69, 9.17) is 5.73 Å². The molecule has 2 aromatic heterocycles. The van der Waals surface area contributed by atoms with Crippen LogP contribution in [0.3, 0.4) is 0 Å². The fourth-order valence-corrected chi connectivity index (χ4v) is 4.08. The molecule has 164 valence electrons. The summed E-state index contributed by atoms with van der Waals surface area (Å²) in [4.78, 5) is 4.15. The molecule has 2 aromatic carbocycles. The van der Waals surface area contributed by atoms with Crippen molar-refractivity contribution in [2.24, 2.45) is 11.1 Å². The summed E-state index contributed by atoms with van der Waals surface area (Å²) in [7, 11) is 0. The minimum Gasteiger partial charge on any atom is -0.356 e. The van der Waals surface area contributed by atoms with E-state index in [2.05, 4.69) is 76.8 Å². The van der Waals surface area contributed by atoms with Gasteiger partial charge in [-0.2, -0.15) is 0 Å². The predicted molar refractivity (Wildman–Crippen MR) is 135 cm³/mol. The van der Waals surface area contributed by atoms with Crippen molar-refractivity contribution in [2.75, 3.05) is 11.9 Å². The molecule has 0 saturated carbocycles. The number of hydrogen-bond acceptors (Lipinski definition) is 6. The molecular formula is C26H29N5S. The Morgan fingerprint density at radius 2 is 1.84 bits per heavy atom. The first kappa shape index (κ1) is 22.1. The van der Waals surface area contributed by atoms with Crippen molar-refractivity contribution in [1.29, 1.82) is 0 Å². The van der Waals surface area contributed by atoms with E-state index in [0.29, 0.717) is 12.0 Å². The molecule has 2 heterocycles. The summed E-state index contributed by atoms with van der Waals surface area (Å²) in [6, 6.07) is 18.7.